The monoisotopic (exact) mass is 369 g/mol. The lowest BCUT2D eigenvalue weighted by Crippen LogP contribution is -2.21. The van der Waals surface area contributed by atoms with Crippen LogP contribution in [0, 0.1) is 29.1 Å². The standard InChI is InChI=1S/C6F7N.CHF3O3S/c7-1-2(8)4(10)6(14(12)13)5(11)3(1)9;2-1(3,4)8(5,6)7/h;(H,5,6,7). The third-order valence-electron chi connectivity index (χ3n) is 1.65. The fraction of sp³-hybridized carbons (Fsp3) is 0.143. The summed E-state index contributed by atoms with van der Waals surface area (Å²) in [7, 11) is -5.84. The van der Waals surface area contributed by atoms with Gasteiger partial charge in [0.15, 0.2) is 29.0 Å². The molecule has 1 rings (SSSR count). The Balaban J connectivity index is 0.000000472. The maximum Gasteiger partial charge on any atom is 0.522 e. The van der Waals surface area contributed by atoms with E-state index in [0.29, 0.717) is 0 Å². The maximum atomic E-state index is 12.4. The van der Waals surface area contributed by atoms with E-state index >= 15 is 0 Å². The Kier molecular flexibility index (Phi) is 6.03. The summed E-state index contributed by atoms with van der Waals surface area (Å²) in [6.07, 6.45) is 0. The molecule has 0 unspecified atom stereocenters. The molecule has 0 saturated heterocycles. The molecule has 0 saturated carbocycles. The minimum atomic E-state index is -5.84. The Hall–Kier alpha value is -1.77. The van der Waals surface area contributed by atoms with Crippen LogP contribution in [0.25, 0.3) is 0 Å². The summed E-state index contributed by atoms with van der Waals surface area (Å²) in [6.45, 7) is 0. The second kappa shape index (κ2) is 6.55. The van der Waals surface area contributed by atoms with Crippen LogP contribution in [0.2, 0.25) is 0 Å². The van der Waals surface area contributed by atoms with Crippen molar-refractivity contribution in [2.75, 3.05) is 5.34 Å². The molecule has 0 bridgehead atoms. The first-order valence-corrected chi connectivity index (χ1v) is 5.73. The summed E-state index contributed by atoms with van der Waals surface area (Å²) >= 11 is 0. The fourth-order valence-corrected chi connectivity index (χ4v) is 0.742. The zero-order valence-corrected chi connectivity index (χ0v) is 10.2. The molecule has 4 nitrogen and oxygen atoms in total. The number of hydrogen-bond donors (Lipinski definition) is 1. The zero-order chi connectivity index (χ0) is 18.0. The molecular formula is C7HF10NO3S. The van der Waals surface area contributed by atoms with Crippen molar-refractivity contribution < 1.29 is 57.1 Å². The van der Waals surface area contributed by atoms with Gasteiger partial charge in [-0.15, -0.1) is 0 Å². The third kappa shape index (κ3) is 4.36. The Bertz CT molecular complexity index is 626. The minimum Gasteiger partial charge on any atom is -0.279 e. The largest absolute Gasteiger partial charge is 0.522 e. The molecule has 1 N–H and O–H groups in total. The summed E-state index contributed by atoms with van der Waals surface area (Å²) in [5.74, 6) is -12.5. The van der Waals surface area contributed by atoms with Crippen LogP contribution in [0.5, 0.6) is 0 Å². The highest BCUT2D eigenvalue weighted by Gasteiger charge is 2.44. The summed E-state index contributed by atoms with van der Waals surface area (Å²) < 4.78 is 142. The fourth-order valence-electron chi connectivity index (χ4n) is 0.742. The lowest BCUT2D eigenvalue weighted by Gasteiger charge is -2.07. The SMILES string of the molecule is Fc1c(F)c(F)c(N(F)F)c(F)c1F.O=S(=O)(O)C(F)(F)F. The minimum absolute atomic E-state index is 2.18. The van der Waals surface area contributed by atoms with Gasteiger partial charge < -0.3 is 0 Å². The summed E-state index contributed by atoms with van der Waals surface area (Å²) in [5, 5.41) is -2.18. The molecular weight excluding hydrogens is 368 g/mol. The van der Waals surface area contributed by atoms with Gasteiger partial charge in [-0.25, -0.2) is 22.0 Å². The third-order valence-corrected chi connectivity index (χ3v) is 2.23. The summed E-state index contributed by atoms with van der Waals surface area (Å²) in [6, 6.07) is 0. The van der Waals surface area contributed by atoms with Crippen LogP contribution in [-0.2, 0) is 10.1 Å². The van der Waals surface area contributed by atoms with Crippen LogP contribution in [0.4, 0.5) is 49.8 Å². The molecule has 0 atom stereocenters. The molecule has 1 aromatic rings. The van der Waals surface area contributed by atoms with Gasteiger partial charge in [0, 0.05) is 0 Å². The molecule has 0 aliphatic heterocycles. The maximum absolute atomic E-state index is 12.4. The van der Waals surface area contributed by atoms with Gasteiger partial charge in [-0.1, -0.05) is 8.96 Å². The Labute approximate surface area is 114 Å². The smallest absolute Gasteiger partial charge is 0.279 e. The second-order valence-electron chi connectivity index (χ2n) is 3.07. The molecule has 22 heavy (non-hydrogen) atoms. The van der Waals surface area contributed by atoms with Gasteiger partial charge in [0.25, 0.3) is 0 Å². The first-order valence-electron chi connectivity index (χ1n) is 4.29. The van der Waals surface area contributed by atoms with E-state index < -0.39 is 55.7 Å². The Morgan fingerprint density at radius 1 is 0.773 bits per heavy atom. The van der Waals surface area contributed by atoms with Crippen molar-refractivity contribution in [3.05, 3.63) is 29.1 Å². The van der Waals surface area contributed by atoms with Crippen LogP contribution in [-0.4, -0.2) is 18.5 Å². The molecule has 15 heteroatoms. The van der Waals surface area contributed by atoms with Crippen molar-refractivity contribution in [2.45, 2.75) is 5.51 Å². The van der Waals surface area contributed by atoms with Gasteiger partial charge in [0.2, 0.25) is 5.82 Å². The average molecular weight is 369 g/mol. The molecule has 0 spiro atoms. The van der Waals surface area contributed by atoms with E-state index in [1.807, 2.05) is 0 Å². The van der Waals surface area contributed by atoms with Crippen molar-refractivity contribution in [3.8, 4) is 0 Å². The van der Waals surface area contributed by atoms with Crippen molar-refractivity contribution >= 4 is 15.8 Å². The molecule has 0 aliphatic rings. The van der Waals surface area contributed by atoms with Gasteiger partial charge in [-0.05, 0) is 5.34 Å². The van der Waals surface area contributed by atoms with Crippen LogP contribution in [0.3, 0.4) is 0 Å². The first-order chi connectivity index (χ1) is 9.62. The van der Waals surface area contributed by atoms with Crippen molar-refractivity contribution in [1.29, 1.82) is 0 Å². The van der Waals surface area contributed by atoms with Crippen LogP contribution in [0.15, 0.2) is 0 Å². The highest BCUT2D eigenvalue weighted by Crippen LogP contribution is 2.30. The van der Waals surface area contributed by atoms with E-state index in [0.717, 1.165) is 0 Å². The van der Waals surface area contributed by atoms with Gasteiger partial charge in [-0.3, -0.25) is 4.55 Å². The quantitative estimate of drug-likeness (QED) is 0.206. The van der Waals surface area contributed by atoms with Gasteiger partial charge in [0.1, 0.15) is 0 Å². The second-order valence-corrected chi connectivity index (χ2v) is 4.49. The number of hydrogen-bond acceptors (Lipinski definition) is 3. The number of benzene rings is 1. The molecule has 1 aromatic carbocycles. The topological polar surface area (TPSA) is 57.6 Å². The van der Waals surface area contributed by atoms with Crippen molar-refractivity contribution in [2.24, 2.45) is 0 Å². The average Bonchev–Trinajstić information content (AvgIpc) is 2.32. The van der Waals surface area contributed by atoms with Crippen LogP contribution >= 0.6 is 0 Å². The van der Waals surface area contributed by atoms with Gasteiger partial charge in [-0.2, -0.15) is 21.6 Å². The highest BCUT2D eigenvalue weighted by molar-refractivity contribution is 7.86. The highest BCUT2D eigenvalue weighted by atomic mass is 32.2. The Morgan fingerprint density at radius 2 is 1.00 bits per heavy atom. The van der Waals surface area contributed by atoms with E-state index in [2.05, 4.69) is 0 Å². The van der Waals surface area contributed by atoms with Crippen LogP contribution in [0.1, 0.15) is 0 Å². The number of halogens is 10. The van der Waals surface area contributed by atoms with Crippen molar-refractivity contribution in [1.82, 2.24) is 0 Å². The lowest BCUT2D eigenvalue weighted by atomic mass is 10.2. The summed E-state index contributed by atoms with van der Waals surface area (Å²) in [5.41, 5.74) is -7.81. The van der Waals surface area contributed by atoms with E-state index in [9.17, 15) is 44.1 Å². The zero-order valence-electron chi connectivity index (χ0n) is 9.40. The van der Waals surface area contributed by atoms with E-state index in [1.165, 1.54) is 0 Å². The molecule has 0 amide bonds. The first kappa shape index (κ1) is 20.2. The van der Waals surface area contributed by atoms with Gasteiger partial charge in [0.05, 0.1) is 0 Å². The molecule has 128 valence electrons. The molecule has 0 radical (unpaired) electrons. The predicted molar refractivity (Wildman–Crippen MR) is 48.5 cm³/mol. The molecule has 0 fully saturated rings. The summed E-state index contributed by atoms with van der Waals surface area (Å²) in [4.78, 5) is 0. The normalized spacial score (nSPS) is 11.8. The van der Waals surface area contributed by atoms with Gasteiger partial charge >= 0.3 is 15.6 Å². The van der Waals surface area contributed by atoms with E-state index in [-0.39, 0.29) is 0 Å². The van der Waals surface area contributed by atoms with E-state index in [4.69, 9.17) is 13.0 Å². The lowest BCUT2D eigenvalue weighted by molar-refractivity contribution is -0.0510. The van der Waals surface area contributed by atoms with E-state index in [1.54, 1.807) is 0 Å². The number of alkyl halides is 3. The Morgan fingerprint density at radius 3 is 1.18 bits per heavy atom. The van der Waals surface area contributed by atoms with Crippen molar-refractivity contribution in [3.63, 3.8) is 0 Å². The number of anilines is 1. The molecule has 0 aliphatic carbocycles. The number of nitrogens with zero attached hydrogens (tertiary/aromatic N) is 1. The van der Waals surface area contributed by atoms with Crippen LogP contribution < -0.4 is 5.34 Å². The molecule has 0 heterocycles. The predicted octanol–water partition coefficient (Wildman–Crippen LogP) is 3.35. The number of rotatable bonds is 1. The molecule has 0 aromatic heterocycles.